The lowest BCUT2D eigenvalue weighted by molar-refractivity contribution is -0.130. The van der Waals surface area contributed by atoms with Gasteiger partial charge in [0.15, 0.2) is 6.61 Å². The zero-order chi connectivity index (χ0) is 21.5. The summed E-state index contributed by atoms with van der Waals surface area (Å²) in [5.74, 6) is -1.43. The molecule has 1 heterocycles. The van der Waals surface area contributed by atoms with E-state index in [0.717, 1.165) is 23.1 Å². The standard InChI is InChI=1S/C22H24N4O4/c1-3-12-23-21(28)15(2)25-20(27)13-30-22(29)16-8-10-17(11-9-16)26-14-24-18-6-4-5-7-19(18)26/h4-11,14-15H,3,12-13H2,1-2H3,(H,23,28)(H,25,27)/t15-/m1/s1. The van der Waals surface area contributed by atoms with E-state index in [2.05, 4.69) is 15.6 Å². The lowest BCUT2D eigenvalue weighted by atomic mass is 10.2. The van der Waals surface area contributed by atoms with Crippen molar-refractivity contribution in [1.29, 1.82) is 0 Å². The molecule has 0 bridgehead atoms. The molecule has 0 fully saturated rings. The highest BCUT2D eigenvalue weighted by Gasteiger charge is 2.16. The molecule has 156 valence electrons. The highest BCUT2D eigenvalue weighted by molar-refractivity contribution is 5.92. The number of benzene rings is 2. The predicted molar refractivity (Wildman–Crippen MR) is 112 cm³/mol. The van der Waals surface area contributed by atoms with E-state index < -0.39 is 24.5 Å². The molecule has 1 atom stereocenters. The van der Waals surface area contributed by atoms with Crippen LogP contribution >= 0.6 is 0 Å². The van der Waals surface area contributed by atoms with Crippen LogP contribution < -0.4 is 10.6 Å². The predicted octanol–water partition coefficient (Wildman–Crippen LogP) is 2.21. The molecular weight excluding hydrogens is 384 g/mol. The molecule has 0 aliphatic heterocycles. The Kier molecular flexibility index (Phi) is 6.79. The van der Waals surface area contributed by atoms with E-state index >= 15 is 0 Å². The average Bonchev–Trinajstić information content (AvgIpc) is 3.20. The Bertz CT molecular complexity index is 1040. The molecular formula is C22H24N4O4. The number of aromatic nitrogens is 2. The summed E-state index contributed by atoms with van der Waals surface area (Å²) in [4.78, 5) is 40.3. The van der Waals surface area contributed by atoms with Gasteiger partial charge in [-0.25, -0.2) is 9.78 Å². The fourth-order valence-electron chi connectivity index (χ4n) is 2.89. The molecule has 0 unspecified atom stereocenters. The lowest BCUT2D eigenvalue weighted by Gasteiger charge is -2.14. The van der Waals surface area contributed by atoms with Gasteiger partial charge >= 0.3 is 5.97 Å². The Labute approximate surface area is 174 Å². The zero-order valence-corrected chi connectivity index (χ0v) is 16.9. The highest BCUT2D eigenvalue weighted by Crippen LogP contribution is 2.18. The number of para-hydroxylation sites is 2. The Morgan fingerprint density at radius 1 is 1.10 bits per heavy atom. The quantitative estimate of drug-likeness (QED) is 0.557. The Morgan fingerprint density at radius 2 is 1.83 bits per heavy atom. The van der Waals surface area contributed by atoms with Crippen molar-refractivity contribution in [2.45, 2.75) is 26.3 Å². The van der Waals surface area contributed by atoms with Gasteiger partial charge in [-0.2, -0.15) is 0 Å². The summed E-state index contributed by atoms with van der Waals surface area (Å²) in [6, 6.07) is 13.9. The van der Waals surface area contributed by atoms with Gasteiger partial charge in [0.05, 0.1) is 16.6 Å². The number of nitrogens with zero attached hydrogens (tertiary/aromatic N) is 2. The first-order valence-corrected chi connectivity index (χ1v) is 9.76. The molecule has 0 saturated carbocycles. The summed E-state index contributed by atoms with van der Waals surface area (Å²) in [5.41, 5.74) is 3.01. The van der Waals surface area contributed by atoms with Crippen molar-refractivity contribution in [3.63, 3.8) is 0 Å². The number of imidazole rings is 1. The lowest BCUT2D eigenvalue weighted by Crippen LogP contribution is -2.46. The molecule has 0 aliphatic carbocycles. The Balaban J connectivity index is 1.55. The summed E-state index contributed by atoms with van der Waals surface area (Å²) in [6.45, 7) is 3.59. The van der Waals surface area contributed by atoms with Crippen molar-refractivity contribution in [2.75, 3.05) is 13.2 Å². The largest absolute Gasteiger partial charge is 0.452 e. The summed E-state index contributed by atoms with van der Waals surface area (Å²) >= 11 is 0. The molecule has 1 aromatic heterocycles. The van der Waals surface area contributed by atoms with Crippen LogP contribution in [0.25, 0.3) is 16.7 Å². The Hall–Kier alpha value is -3.68. The van der Waals surface area contributed by atoms with Gasteiger partial charge in [0.2, 0.25) is 5.91 Å². The van der Waals surface area contributed by atoms with Gasteiger partial charge < -0.3 is 15.4 Å². The second-order valence-electron chi connectivity index (χ2n) is 6.81. The van der Waals surface area contributed by atoms with Crippen LogP contribution in [0, 0.1) is 0 Å². The molecule has 0 saturated heterocycles. The van der Waals surface area contributed by atoms with Crippen molar-refractivity contribution < 1.29 is 19.1 Å². The van der Waals surface area contributed by atoms with Gasteiger partial charge in [-0.3, -0.25) is 14.2 Å². The first-order chi connectivity index (χ1) is 14.5. The third kappa shape index (κ3) is 5.02. The molecule has 30 heavy (non-hydrogen) atoms. The van der Waals surface area contributed by atoms with Crippen LogP contribution in [0.3, 0.4) is 0 Å². The van der Waals surface area contributed by atoms with Crippen LogP contribution in [0.4, 0.5) is 0 Å². The average molecular weight is 408 g/mol. The number of carbonyl (C=O) groups is 3. The fraction of sp³-hybridized carbons (Fsp3) is 0.273. The number of fused-ring (bicyclic) bond motifs is 1. The molecule has 2 N–H and O–H groups in total. The first-order valence-electron chi connectivity index (χ1n) is 9.76. The van der Waals surface area contributed by atoms with Gasteiger partial charge in [-0.1, -0.05) is 19.1 Å². The van der Waals surface area contributed by atoms with E-state index in [1.54, 1.807) is 37.5 Å². The molecule has 3 rings (SSSR count). The van der Waals surface area contributed by atoms with Crippen molar-refractivity contribution in [3.8, 4) is 5.69 Å². The normalized spacial score (nSPS) is 11.7. The number of hydrogen-bond donors (Lipinski definition) is 2. The minimum atomic E-state index is -0.702. The maximum Gasteiger partial charge on any atom is 0.338 e. The van der Waals surface area contributed by atoms with Crippen LogP contribution in [-0.2, 0) is 14.3 Å². The van der Waals surface area contributed by atoms with Crippen LogP contribution in [0.1, 0.15) is 30.6 Å². The van der Waals surface area contributed by atoms with Crippen molar-refractivity contribution in [3.05, 3.63) is 60.4 Å². The monoisotopic (exact) mass is 408 g/mol. The maximum absolute atomic E-state index is 12.2. The van der Waals surface area contributed by atoms with E-state index in [1.165, 1.54) is 0 Å². The first kappa shape index (κ1) is 21.0. The molecule has 0 aliphatic rings. The van der Waals surface area contributed by atoms with Crippen molar-refractivity contribution >= 4 is 28.8 Å². The third-order valence-electron chi connectivity index (χ3n) is 4.49. The van der Waals surface area contributed by atoms with Crippen LogP contribution in [-0.4, -0.2) is 46.5 Å². The van der Waals surface area contributed by atoms with E-state index in [9.17, 15) is 14.4 Å². The van der Waals surface area contributed by atoms with E-state index in [4.69, 9.17) is 4.74 Å². The van der Waals surface area contributed by atoms with Crippen molar-refractivity contribution in [2.24, 2.45) is 0 Å². The molecule has 2 aromatic carbocycles. The maximum atomic E-state index is 12.2. The molecule has 8 nitrogen and oxygen atoms in total. The van der Waals surface area contributed by atoms with Crippen LogP contribution in [0.5, 0.6) is 0 Å². The van der Waals surface area contributed by atoms with Gasteiger partial charge in [-0.05, 0) is 49.7 Å². The molecule has 0 spiro atoms. The highest BCUT2D eigenvalue weighted by atomic mass is 16.5. The van der Waals surface area contributed by atoms with Gasteiger partial charge in [-0.15, -0.1) is 0 Å². The van der Waals surface area contributed by atoms with Crippen LogP contribution in [0.2, 0.25) is 0 Å². The summed E-state index contributed by atoms with van der Waals surface area (Å²) in [7, 11) is 0. The molecule has 0 radical (unpaired) electrons. The summed E-state index contributed by atoms with van der Waals surface area (Å²) in [6.07, 6.45) is 2.53. The van der Waals surface area contributed by atoms with E-state index in [-0.39, 0.29) is 5.91 Å². The number of rotatable bonds is 8. The molecule has 2 amide bonds. The molecule has 3 aromatic rings. The second-order valence-corrected chi connectivity index (χ2v) is 6.81. The fourth-order valence-corrected chi connectivity index (χ4v) is 2.89. The number of hydrogen-bond acceptors (Lipinski definition) is 5. The molecule has 8 heteroatoms. The van der Waals surface area contributed by atoms with Crippen molar-refractivity contribution in [1.82, 2.24) is 20.2 Å². The zero-order valence-electron chi connectivity index (χ0n) is 16.9. The number of carbonyl (C=O) groups excluding carboxylic acids is 3. The summed E-state index contributed by atoms with van der Waals surface area (Å²) in [5, 5.41) is 5.19. The smallest absolute Gasteiger partial charge is 0.338 e. The number of nitrogens with one attached hydrogen (secondary N) is 2. The number of amides is 2. The minimum absolute atomic E-state index is 0.279. The topological polar surface area (TPSA) is 102 Å². The van der Waals surface area contributed by atoms with E-state index in [1.807, 2.05) is 35.8 Å². The Morgan fingerprint density at radius 3 is 2.57 bits per heavy atom. The minimum Gasteiger partial charge on any atom is -0.452 e. The third-order valence-corrected chi connectivity index (χ3v) is 4.49. The van der Waals surface area contributed by atoms with Crippen LogP contribution in [0.15, 0.2) is 54.9 Å². The van der Waals surface area contributed by atoms with Gasteiger partial charge in [0.1, 0.15) is 12.4 Å². The number of ether oxygens (including phenoxy) is 1. The SMILES string of the molecule is CCCNC(=O)[C@@H](C)NC(=O)COC(=O)c1ccc(-n2cnc3ccccc32)cc1. The number of esters is 1. The summed E-state index contributed by atoms with van der Waals surface area (Å²) < 4.78 is 6.97. The van der Waals surface area contributed by atoms with Gasteiger partial charge in [0.25, 0.3) is 5.91 Å². The van der Waals surface area contributed by atoms with E-state index in [0.29, 0.717) is 12.1 Å². The van der Waals surface area contributed by atoms with Gasteiger partial charge in [0, 0.05) is 12.2 Å². The second kappa shape index (κ2) is 9.69.